The van der Waals surface area contributed by atoms with Crippen LogP contribution in [0.25, 0.3) is 0 Å². The van der Waals surface area contributed by atoms with E-state index in [2.05, 4.69) is 30.8 Å². The summed E-state index contributed by atoms with van der Waals surface area (Å²) in [4.78, 5) is 5.11. The summed E-state index contributed by atoms with van der Waals surface area (Å²) in [5.41, 5.74) is 0. The predicted octanol–water partition coefficient (Wildman–Crippen LogP) is 1.81. The molecule has 0 unspecified atom stereocenters. The molecule has 0 aromatic rings. The maximum absolute atomic E-state index is 2.66. The van der Waals surface area contributed by atoms with Crippen LogP contribution in [0.5, 0.6) is 0 Å². The van der Waals surface area contributed by atoms with E-state index in [0.29, 0.717) is 0 Å². The van der Waals surface area contributed by atoms with Crippen molar-refractivity contribution < 1.29 is 0 Å². The van der Waals surface area contributed by atoms with Gasteiger partial charge in [0.1, 0.15) is 0 Å². The summed E-state index contributed by atoms with van der Waals surface area (Å²) in [6, 6.07) is 1.77. The Bertz CT molecular complexity index is 179. The van der Waals surface area contributed by atoms with Gasteiger partial charge in [0, 0.05) is 12.1 Å². The van der Waals surface area contributed by atoms with Gasteiger partial charge < -0.3 is 9.80 Å². The van der Waals surface area contributed by atoms with Crippen LogP contribution in [0.3, 0.4) is 0 Å². The van der Waals surface area contributed by atoms with Gasteiger partial charge >= 0.3 is 0 Å². The number of likely N-dealkylation sites (tertiary alicyclic amines) is 1. The Labute approximate surface area is 88.3 Å². The minimum Gasteiger partial charge on any atom is -0.306 e. The van der Waals surface area contributed by atoms with E-state index in [9.17, 15) is 0 Å². The van der Waals surface area contributed by atoms with Gasteiger partial charge in [-0.2, -0.15) is 0 Å². The van der Waals surface area contributed by atoms with Crippen LogP contribution >= 0.6 is 0 Å². The zero-order chi connectivity index (χ0) is 10.1. The second-order valence-corrected chi connectivity index (χ2v) is 5.43. The van der Waals surface area contributed by atoms with Gasteiger partial charge in [-0.05, 0) is 58.8 Å². The minimum atomic E-state index is 0.865. The van der Waals surface area contributed by atoms with Crippen molar-refractivity contribution >= 4 is 0 Å². The molecular formula is C12H24N2. The molecule has 2 aliphatic rings. The smallest absolute Gasteiger partial charge is 0.0119 e. The van der Waals surface area contributed by atoms with E-state index in [1.54, 1.807) is 0 Å². The van der Waals surface area contributed by atoms with Crippen LogP contribution in [0.1, 0.15) is 32.6 Å². The molecule has 0 amide bonds. The maximum Gasteiger partial charge on any atom is 0.0119 e. The molecule has 0 radical (unpaired) electrons. The second kappa shape index (κ2) is 4.19. The summed E-state index contributed by atoms with van der Waals surface area (Å²) in [5, 5.41) is 0. The quantitative estimate of drug-likeness (QED) is 0.664. The van der Waals surface area contributed by atoms with Crippen LogP contribution in [-0.4, -0.2) is 49.1 Å². The molecule has 0 bridgehead atoms. The number of nitrogens with zero attached hydrogens (tertiary/aromatic N) is 2. The summed E-state index contributed by atoms with van der Waals surface area (Å²) < 4.78 is 0. The molecule has 0 atom stereocenters. The van der Waals surface area contributed by atoms with Crippen LogP contribution in [0.15, 0.2) is 0 Å². The van der Waals surface area contributed by atoms with Gasteiger partial charge in [0.15, 0.2) is 0 Å². The fourth-order valence-corrected chi connectivity index (χ4v) is 2.89. The molecule has 1 saturated carbocycles. The first-order valence-corrected chi connectivity index (χ1v) is 6.07. The van der Waals surface area contributed by atoms with Gasteiger partial charge in [-0.3, -0.25) is 0 Å². The standard InChI is InChI=1S/C12H24N2/c1-10-8-12(9-10)14(3)11-4-6-13(2)7-5-11/h10-12H,4-9H2,1-3H3. The molecule has 0 spiro atoms. The Kier molecular flexibility index (Phi) is 3.13. The van der Waals surface area contributed by atoms with Crippen LogP contribution in [0, 0.1) is 5.92 Å². The number of rotatable bonds is 2. The Morgan fingerprint density at radius 2 is 1.64 bits per heavy atom. The summed E-state index contributed by atoms with van der Waals surface area (Å²) in [6.07, 6.45) is 5.61. The fourth-order valence-electron chi connectivity index (χ4n) is 2.89. The predicted molar refractivity (Wildman–Crippen MR) is 60.5 cm³/mol. The van der Waals surface area contributed by atoms with Crippen molar-refractivity contribution in [1.29, 1.82) is 0 Å². The van der Waals surface area contributed by atoms with Crippen molar-refractivity contribution in [3.8, 4) is 0 Å². The van der Waals surface area contributed by atoms with Crippen molar-refractivity contribution in [2.75, 3.05) is 27.2 Å². The van der Waals surface area contributed by atoms with E-state index in [1.165, 1.54) is 38.8 Å². The SMILES string of the molecule is CC1CC(N(C)C2CCN(C)CC2)C1. The van der Waals surface area contributed by atoms with Gasteiger partial charge in [-0.25, -0.2) is 0 Å². The highest BCUT2D eigenvalue weighted by Crippen LogP contribution is 2.32. The molecule has 2 fully saturated rings. The van der Waals surface area contributed by atoms with Crippen molar-refractivity contribution in [1.82, 2.24) is 9.80 Å². The summed E-state index contributed by atoms with van der Waals surface area (Å²) in [7, 11) is 4.58. The monoisotopic (exact) mass is 196 g/mol. The van der Waals surface area contributed by atoms with Crippen molar-refractivity contribution in [3.05, 3.63) is 0 Å². The lowest BCUT2D eigenvalue weighted by Crippen LogP contribution is -2.50. The molecule has 14 heavy (non-hydrogen) atoms. The van der Waals surface area contributed by atoms with Crippen molar-refractivity contribution in [2.24, 2.45) is 5.92 Å². The molecule has 0 N–H and O–H groups in total. The Hall–Kier alpha value is -0.0800. The Morgan fingerprint density at radius 3 is 2.14 bits per heavy atom. The third kappa shape index (κ3) is 2.12. The normalized spacial score (nSPS) is 36.0. The van der Waals surface area contributed by atoms with Gasteiger partial charge in [0.05, 0.1) is 0 Å². The highest BCUT2D eigenvalue weighted by molar-refractivity contribution is 4.88. The van der Waals surface area contributed by atoms with Crippen molar-refractivity contribution in [3.63, 3.8) is 0 Å². The van der Waals surface area contributed by atoms with E-state index in [1.807, 2.05) is 0 Å². The zero-order valence-electron chi connectivity index (χ0n) is 9.87. The summed E-state index contributed by atoms with van der Waals surface area (Å²) in [6.45, 7) is 4.95. The number of hydrogen-bond donors (Lipinski definition) is 0. The molecule has 2 nitrogen and oxygen atoms in total. The highest BCUT2D eigenvalue weighted by atomic mass is 15.2. The third-order valence-corrected chi connectivity index (χ3v) is 4.19. The number of piperidine rings is 1. The number of hydrogen-bond acceptors (Lipinski definition) is 2. The van der Waals surface area contributed by atoms with Crippen molar-refractivity contribution in [2.45, 2.75) is 44.7 Å². The van der Waals surface area contributed by atoms with Gasteiger partial charge in [-0.15, -0.1) is 0 Å². The maximum atomic E-state index is 2.66. The van der Waals surface area contributed by atoms with Gasteiger partial charge in [-0.1, -0.05) is 6.92 Å². The van der Waals surface area contributed by atoms with Crippen LogP contribution < -0.4 is 0 Å². The van der Waals surface area contributed by atoms with Crippen LogP contribution in [-0.2, 0) is 0 Å². The van der Waals surface area contributed by atoms with E-state index in [4.69, 9.17) is 0 Å². The lowest BCUT2D eigenvalue weighted by molar-refractivity contribution is 0.0446. The average molecular weight is 196 g/mol. The topological polar surface area (TPSA) is 6.48 Å². The lowest BCUT2D eigenvalue weighted by atomic mass is 9.80. The Morgan fingerprint density at radius 1 is 1.07 bits per heavy atom. The molecule has 2 rings (SSSR count). The first-order valence-electron chi connectivity index (χ1n) is 6.07. The lowest BCUT2D eigenvalue weighted by Gasteiger charge is -2.45. The summed E-state index contributed by atoms with van der Waals surface area (Å²) in [5.74, 6) is 0.980. The van der Waals surface area contributed by atoms with Crippen LogP contribution in [0.2, 0.25) is 0 Å². The molecular weight excluding hydrogens is 172 g/mol. The molecule has 1 saturated heterocycles. The van der Waals surface area contributed by atoms with Crippen LogP contribution in [0.4, 0.5) is 0 Å². The summed E-state index contributed by atoms with van der Waals surface area (Å²) >= 11 is 0. The molecule has 82 valence electrons. The largest absolute Gasteiger partial charge is 0.306 e. The Balaban J connectivity index is 1.77. The molecule has 1 aliphatic carbocycles. The molecule has 1 heterocycles. The fraction of sp³-hybridized carbons (Fsp3) is 1.00. The van der Waals surface area contributed by atoms with Gasteiger partial charge in [0.2, 0.25) is 0 Å². The molecule has 0 aromatic carbocycles. The van der Waals surface area contributed by atoms with E-state index < -0.39 is 0 Å². The third-order valence-electron chi connectivity index (χ3n) is 4.19. The minimum absolute atomic E-state index is 0.865. The van der Waals surface area contributed by atoms with E-state index in [-0.39, 0.29) is 0 Å². The van der Waals surface area contributed by atoms with Gasteiger partial charge in [0.25, 0.3) is 0 Å². The highest BCUT2D eigenvalue weighted by Gasteiger charge is 2.33. The molecule has 2 heteroatoms. The first kappa shape index (κ1) is 10.4. The average Bonchev–Trinajstić information content (AvgIpc) is 2.13. The van der Waals surface area contributed by atoms with E-state index in [0.717, 1.165) is 18.0 Å². The molecule has 0 aromatic heterocycles. The first-order chi connectivity index (χ1) is 6.66. The second-order valence-electron chi connectivity index (χ2n) is 5.43. The molecule has 1 aliphatic heterocycles. The van der Waals surface area contributed by atoms with E-state index >= 15 is 0 Å². The zero-order valence-corrected chi connectivity index (χ0v) is 9.87.